The standard InChI is InChI=1S/C29H29F4NO7/c1-37-26(36)16-4-2-3-15(11-16)22-14-20(19-7-6-18(38-27(30)31)13-23(19)39-22)25(35)34-28(9-10-28)17-5-8-21-24(12-17)41-29(32,33)40-21/h5-8,12-13,15-16,20,22,27H,2-4,9-11,14H2,1H3,(H,34,35)/t15?,16?,20-,22-/m1/s1. The summed E-state index contributed by atoms with van der Waals surface area (Å²) >= 11 is 0. The van der Waals surface area contributed by atoms with Crippen LogP contribution in [0.3, 0.4) is 0 Å². The van der Waals surface area contributed by atoms with Crippen molar-refractivity contribution in [1.82, 2.24) is 5.32 Å². The summed E-state index contributed by atoms with van der Waals surface area (Å²) in [5.74, 6) is -1.61. The lowest BCUT2D eigenvalue weighted by atomic mass is 9.75. The molecule has 0 spiro atoms. The Kier molecular flexibility index (Phi) is 6.89. The van der Waals surface area contributed by atoms with Crippen LogP contribution >= 0.6 is 0 Å². The number of hydrogen-bond donors (Lipinski definition) is 1. The molecule has 2 saturated carbocycles. The smallest absolute Gasteiger partial charge is 0.490 e. The topological polar surface area (TPSA) is 92.3 Å². The fourth-order valence-electron chi connectivity index (χ4n) is 6.31. The van der Waals surface area contributed by atoms with Gasteiger partial charge in [0.15, 0.2) is 11.5 Å². The summed E-state index contributed by atoms with van der Waals surface area (Å²) in [6, 6.07) is 8.75. The molecule has 2 fully saturated rings. The number of fused-ring (bicyclic) bond motifs is 2. The molecule has 2 heterocycles. The van der Waals surface area contributed by atoms with Gasteiger partial charge < -0.3 is 29.0 Å². The molecule has 2 aromatic carbocycles. The van der Waals surface area contributed by atoms with E-state index in [4.69, 9.17) is 9.47 Å². The van der Waals surface area contributed by atoms with Crippen molar-refractivity contribution in [1.29, 1.82) is 0 Å². The predicted molar refractivity (Wildman–Crippen MR) is 134 cm³/mol. The zero-order valence-electron chi connectivity index (χ0n) is 22.2. The number of rotatable bonds is 7. The zero-order chi connectivity index (χ0) is 28.9. The van der Waals surface area contributed by atoms with Crippen molar-refractivity contribution < 1.29 is 50.8 Å². The Balaban J connectivity index is 1.26. The first-order valence-corrected chi connectivity index (χ1v) is 13.6. The van der Waals surface area contributed by atoms with Gasteiger partial charge in [-0.2, -0.15) is 8.78 Å². The summed E-state index contributed by atoms with van der Waals surface area (Å²) in [6.45, 7) is -3.03. The van der Waals surface area contributed by atoms with Crippen LogP contribution in [0.4, 0.5) is 17.6 Å². The molecule has 12 heteroatoms. The van der Waals surface area contributed by atoms with Gasteiger partial charge in [-0.05, 0) is 61.8 Å². The van der Waals surface area contributed by atoms with Gasteiger partial charge in [-0.1, -0.05) is 18.6 Å². The van der Waals surface area contributed by atoms with E-state index in [2.05, 4.69) is 19.5 Å². The molecule has 0 saturated heterocycles. The molecule has 6 rings (SSSR count). The maximum absolute atomic E-state index is 13.9. The first-order valence-electron chi connectivity index (χ1n) is 13.6. The highest BCUT2D eigenvalue weighted by atomic mass is 19.3. The lowest BCUT2D eigenvalue weighted by molar-refractivity contribution is -0.286. The van der Waals surface area contributed by atoms with Gasteiger partial charge in [-0.3, -0.25) is 9.59 Å². The first-order chi connectivity index (χ1) is 19.6. The second kappa shape index (κ2) is 10.3. The molecule has 2 aliphatic heterocycles. The fourth-order valence-corrected chi connectivity index (χ4v) is 6.31. The Morgan fingerprint density at radius 2 is 1.78 bits per heavy atom. The third-order valence-electron chi connectivity index (χ3n) is 8.49. The van der Waals surface area contributed by atoms with Crippen LogP contribution in [0.2, 0.25) is 0 Å². The van der Waals surface area contributed by atoms with Crippen molar-refractivity contribution in [3.63, 3.8) is 0 Å². The maximum Gasteiger partial charge on any atom is 0.586 e. The van der Waals surface area contributed by atoms with Gasteiger partial charge in [-0.25, -0.2) is 0 Å². The highest BCUT2D eigenvalue weighted by molar-refractivity contribution is 5.86. The number of halogens is 4. The Hall–Kier alpha value is -3.70. The van der Waals surface area contributed by atoms with E-state index in [-0.39, 0.29) is 46.7 Å². The van der Waals surface area contributed by atoms with Crippen molar-refractivity contribution in [2.75, 3.05) is 7.11 Å². The SMILES string of the molecule is COC(=O)C1CCCC([C@H]2C[C@@H](C(=O)NC3(c4ccc5c(c4)OC(F)(F)O5)CC3)c3ccc(OC(F)F)cc3O2)C1. The van der Waals surface area contributed by atoms with E-state index in [1.165, 1.54) is 31.4 Å². The minimum atomic E-state index is -3.75. The Bertz CT molecular complexity index is 1350. The van der Waals surface area contributed by atoms with E-state index < -0.39 is 30.5 Å². The van der Waals surface area contributed by atoms with Gasteiger partial charge in [0, 0.05) is 18.1 Å². The van der Waals surface area contributed by atoms with Crippen LogP contribution in [0.15, 0.2) is 36.4 Å². The molecule has 2 unspecified atom stereocenters. The van der Waals surface area contributed by atoms with Gasteiger partial charge >= 0.3 is 18.9 Å². The molecule has 41 heavy (non-hydrogen) atoms. The third kappa shape index (κ3) is 5.48. The van der Waals surface area contributed by atoms with Crippen LogP contribution in [0.1, 0.15) is 62.0 Å². The Labute approximate surface area is 233 Å². The lowest BCUT2D eigenvalue weighted by Crippen LogP contribution is -2.43. The molecule has 1 N–H and O–H groups in total. The Morgan fingerprint density at radius 1 is 1.00 bits per heavy atom. The van der Waals surface area contributed by atoms with Gasteiger partial charge in [0.2, 0.25) is 5.91 Å². The van der Waals surface area contributed by atoms with E-state index in [9.17, 15) is 27.2 Å². The van der Waals surface area contributed by atoms with Gasteiger partial charge in [0.05, 0.1) is 24.5 Å². The molecule has 4 atom stereocenters. The average molecular weight is 580 g/mol. The van der Waals surface area contributed by atoms with Crippen LogP contribution in [-0.2, 0) is 19.9 Å². The molecular weight excluding hydrogens is 550 g/mol. The molecule has 0 aromatic heterocycles. The zero-order valence-corrected chi connectivity index (χ0v) is 22.2. The quantitative estimate of drug-likeness (QED) is 0.336. The summed E-state index contributed by atoms with van der Waals surface area (Å²) in [4.78, 5) is 26.1. The van der Waals surface area contributed by atoms with E-state index in [0.29, 0.717) is 43.2 Å². The monoisotopic (exact) mass is 579 g/mol. The number of methoxy groups -OCH3 is 1. The number of amides is 1. The largest absolute Gasteiger partial charge is 0.586 e. The first kappa shape index (κ1) is 27.5. The molecule has 0 radical (unpaired) electrons. The number of esters is 1. The Morgan fingerprint density at radius 3 is 2.51 bits per heavy atom. The maximum atomic E-state index is 13.9. The van der Waals surface area contributed by atoms with Crippen molar-refractivity contribution >= 4 is 11.9 Å². The average Bonchev–Trinajstić information content (AvgIpc) is 3.65. The minimum absolute atomic E-state index is 0.0543. The number of nitrogens with one attached hydrogen (secondary N) is 1. The summed E-state index contributed by atoms with van der Waals surface area (Å²) in [5.41, 5.74) is 0.381. The van der Waals surface area contributed by atoms with Gasteiger partial charge in [0.25, 0.3) is 0 Å². The molecule has 2 aromatic rings. The van der Waals surface area contributed by atoms with Crippen molar-refractivity contribution in [3.8, 4) is 23.0 Å². The van der Waals surface area contributed by atoms with Crippen LogP contribution in [-0.4, -0.2) is 38.0 Å². The van der Waals surface area contributed by atoms with Crippen molar-refractivity contribution in [2.24, 2.45) is 11.8 Å². The molecule has 2 aliphatic carbocycles. The van der Waals surface area contributed by atoms with Gasteiger partial charge in [-0.15, -0.1) is 8.78 Å². The van der Waals surface area contributed by atoms with Crippen LogP contribution in [0, 0.1) is 11.8 Å². The second-order valence-electron chi connectivity index (χ2n) is 11.1. The van der Waals surface area contributed by atoms with Crippen LogP contribution in [0.5, 0.6) is 23.0 Å². The van der Waals surface area contributed by atoms with E-state index in [0.717, 1.165) is 12.8 Å². The molecule has 1 amide bonds. The summed E-state index contributed by atoms with van der Waals surface area (Å²) in [6.07, 6.45) is 0.104. The molecule has 8 nitrogen and oxygen atoms in total. The number of benzene rings is 2. The highest BCUT2D eigenvalue weighted by Crippen LogP contribution is 2.51. The van der Waals surface area contributed by atoms with E-state index >= 15 is 0 Å². The predicted octanol–water partition coefficient (Wildman–Crippen LogP) is 5.63. The number of ether oxygens (including phenoxy) is 5. The number of carbonyl (C=O) groups excluding carboxylic acids is 2. The lowest BCUT2D eigenvalue weighted by Gasteiger charge is -2.39. The van der Waals surface area contributed by atoms with E-state index in [1.807, 2.05) is 0 Å². The number of hydrogen-bond acceptors (Lipinski definition) is 7. The molecule has 220 valence electrons. The minimum Gasteiger partial charge on any atom is -0.490 e. The molecule has 4 aliphatic rings. The van der Waals surface area contributed by atoms with Crippen molar-refractivity contribution in [3.05, 3.63) is 47.5 Å². The highest BCUT2D eigenvalue weighted by Gasteiger charge is 2.50. The molecule has 0 bridgehead atoms. The van der Waals surface area contributed by atoms with Crippen LogP contribution < -0.4 is 24.3 Å². The summed E-state index contributed by atoms with van der Waals surface area (Å²) in [7, 11) is 1.35. The third-order valence-corrected chi connectivity index (χ3v) is 8.49. The second-order valence-corrected chi connectivity index (χ2v) is 11.1. The van der Waals surface area contributed by atoms with Crippen molar-refractivity contribution in [2.45, 2.75) is 75.4 Å². The number of carbonyl (C=O) groups is 2. The fraction of sp³-hybridized carbons (Fsp3) is 0.517. The summed E-state index contributed by atoms with van der Waals surface area (Å²) < 4.78 is 77.8. The molecular formula is C29H29F4NO7. The van der Waals surface area contributed by atoms with Gasteiger partial charge in [0.1, 0.15) is 17.6 Å². The number of alkyl halides is 4. The van der Waals surface area contributed by atoms with Crippen LogP contribution in [0.25, 0.3) is 0 Å². The summed E-state index contributed by atoms with van der Waals surface area (Å²) in [5, 5.41) is 3.11. The normalized spacial score (nSPS) is 26.9. The van der Waals surface area contributed by atoms with E-state index in [1.54, 1.807) is 12.1 Å².